The van der Waals surface area contributed by atoms with Gasteiger partial charge in [-0.2, -0.15) is 5.26 Å². The van der Waals surface area contributed by atoms with Crippen LogP contribution in [-0.2, 0) is 0 Å². The molecule has 1 saturated heterocycles. The lowest BCUT2D eigenvalue weighted by Crippen LogP contribution is -2.38. The maximum absolute atomic E-state index is 13.7. The van der Waals surface area contributed by atoms with Crippen molar-refractivity contribution in [3.05, 3.63) is 35.1 Å². The van der Waals surface area contributed by atoms with Crippen LogP contribution in [0.1, 0.15) is 28.8 Å². The quantitative estimate of drug-likeness (QED) is 0.764. The highest BCUT2D eigenvalue weighted by Gasteiger charge is 2.24. The van der Waals surface area contributed by atoms with Gasteiger partial charge in [0.25, 0.3) is 5.91 Å². The van der Waals surface area contributed by atoms with Gasteiger partial charge in [-0.25, -0.2) is 4.39 Å². The van der Waals surface area contributed by atoms with Crippen LogP contribution in [0.4, 0.5) is 4.39 Å². The molecule has 0 aliphatic carbocycles. The first-order chi connectivity index (χ1) is 8.61. The maximum atomic E-state index is 13.7. The van der Waals surface area contributed by atoms with E-state index < -0.39 is 5.82 Å². The number of hydrogen-bond donors (Lipinski definition) is 0. The smallest absolute Gasteiger partial charge is 0.256 e. The van der Waals surface area contributed by atoms with Crippen molar-refractivity contribution >= 4 is 5.91 Å². The second kappa shape index (κ2) is 5.18. The molecule has 1 aliphatic heterocycles. The van der Waals surface area contributed by atoms with Gasteiger partial charge >= 0.3 is 0 Å². The number of piperidine rings is 1. The number of carbonyl (C=O) groups excluding carboxylic acids is 1. The van der Waals surface area contributed by atoms with Gasteiger partial charge in [0.1, 0.15) is 5.82 Å². The third kappa shape index (κ3) is 2.51. The van der Waals surface area contributed by atoms with E-state index in [1.807, 2.05) is 0 Å². The molecule has 1 aliphatic rings. The van der Waals surface area contributed by atoms with Gasteiger partial charge in [-0.1, -0.05) is 6.07 Å². The second-order valence-electron chi connectivity index (χ2n) is 4.68. The topological polar surface area (TPSA) is 44.1 Å². The van der Waals surface area contributed by atoms with E-state index in [1.54, 1.807) is 17.9 Å². The SMILES string of the molecule is Cc1ccc(C(=O)N2CCC(C#N)CC2)c(F)c1. The van der Waals surface area contributed by atoms with Crippen LogP contribution < -0.4 is 0 Å². The first-order valence-electron chi connectivity index (χ1n) is 6.07. The number of hydrogen-bond acceptors (Lipinski definition) is 2. The average Bonchev–Trinajstić information content (AvgIpc) is 2.38. The third-order valence-corrected chi connectivity index (χ3v) is 3.32. The van der Waals surface area contributed by atoms with E-state index in [0.717, 1.165) is 5.56 Å². The zero-order valence-corrected chi connectivity index (χ0v) is 10.3. The van der Waals surface area contributed by atoms with Gasteiger partial charge in [-0.15, -0.1) is 0 Å². The molecule has 1 fully saturated rings. The summed E-state index contributed by atoms with van der Waals surface area (Å²) in [6.07, 6.45) is 1.35. The highest BCUT2D eigenvalue weighted by molar-refractivity contribution is 5.94. The first kappa shape index (κ1) is 12.6. The lowest BCUT2D eigenvalue weighted by Gasteiger charge is -2.29. The summed E-state index contributed by atoms with van der Waals surface area (Å²) in [5, 5.41) is 8.79. The van der Waals surface area contributed by atoms with Crippen molar-refractivity contribution in [2.45, 2.75) is 19.8 Å². The Morgan fingerprint density at radius 3 is 2.67 bits per heavy atom. The average molecular weight is 246 g/mol. The fraction of sp³-hybridized carbons (Fsp3) is 0.429. The molecule has 0 spiro atoms. The number of aryl methyl sites for hydroxylation is 1. The number of amides is 1. The van der Waals surface area contributed by atoms with E-state index in [9.17, 15) is 9.18 Å². The van der Waals surface area contributed by atoms with Gasteiger partial charge in [0.2, 0.25) is 0 Å². The Labute approximate surface area is 106 Å². The van der Waals surface area contributed by atoms with Crippen LogP contribution in [0, 0.1) is 30.0 Å². The molecular weight excluding hydrogens is 231 g/mol. The largest absolute Gasteiger partial charge is 0.338 e. The minimum atomic E-state index is -0.470. The fourth-order valence-electron chi connectivity index (χ4n) is 2.18. The highest BCUT2D eigenvalue weighted by Crippen LogP contribution is 2.19. The molecule has 4 heteroatoms. The van der Waals surface area contributed by atoms with Crippen molar-refractivity contribution in [2.24, 2.45) is 5.92 Å². The maximum Gasteiger partial charge on any atom is 0.256 e. The summed E-state index contributed by atoms with van der Waals surface area (Å²) in [6, 6.07) is 6.85. The van der Waals surface area contributed by atoms with Gasteiger partial charge in [0, 0.05) is 19.0 Å². The van der Waals surface area contributed by atoms with Gasteiger partial charge in [-0.3, -0.25) is 4.79 Å². The first-order valence-corrected chi connectivity index (χ1v) is 6.07. The number of halogens is 1. The Balaban J connectivity index is 2.11. The van der Waals surface area contributed by atoms with Crippen LogP contribution in [0.3, 0.4) is 0 Å². The van der Waals surface area contributed by atoms with E-state index in [4.69, 9.17) is 5.26 Å². The third-order valence-electron chi connectivity index (χ3n) is 3.32. The summed E-state index contributed by atoms with van der Waals surface area (Å²) in [4.78, 5) is 13.8. The molecule has 0 unspecified atom stereocenters. The van der Waals surface area contributed by atoms with Gasteiger partial charge in [0.15, 0.2) is 0 Å². The minimum absolute atomic E-state index is 0.0249. The van der Waals surface area contributed by atoms with Crippen molar-refractivity contribution in [1.82, 2.24) is 4.90 Å². The van der Waals surface area contributed by atoms with E-state index in [2.05, 4.69) is 6.07 Å². The van der Waals surface area contributed by atoms with Crippen LogP contribution in [0.5, 0.6) is 0 Å². The normalized spacial score (nSPS) is 16.4. The molecule has 0 atom stereocenters. The Hall–Kier alpha value is -1.89. The molecular formula is C14H15FN2O. The molecule has 1 amide bonds. The van der Waals surface area contributed by atoms with Gasteiger partial charge in [-0.05, 0) is 37.5 Å². The molecule has 0 radical (unpaired) electrons. The predicted molar refractivity (Wildman–Crippen MR) is 65.4 cm³/mol. The number of likely N-dealkylation sites (tertiary alicyclic amines) is 1. The summed E-state index contributed by atoms with van der Waals surface area (Å²) in [5.74, 6) is -0.719. The lowest BCUT2D eigenvalue weighted by atomic mass is 9.98. The number of benzene rings is 1. The van der Waals surface area contributed by atoms with Crippen molar-refractivity contribution in [2.75, 3.05) is 13.1 Å². The predicted octanol–water partition coefficient (Wildman–Crippen LogP) is 2.51. The summed E-state index contributed by atoms with van der Waals surface area (Å²) in [5.41, 5.74) is 0.920. The van der Waals surface area contributed by atoms with Crippen LogP contribution in [-0.4, -0.2) is 23.9 Å². The van der Waals surface area contributed by atoms with Crippen molar-refractivity contribution in [3.63, 3.8) is 0 Å². The zero-order valence-electron chi connectivity index (χ0n) is 10.3. The molecule has 1 aromatic carbocycles. The molecule has 0 N–H and O–H groups in total. The second-order valence-corrected chi connectivity index (χ2v) is 4.68. The Morgan fingerprint density at radius 2 is 2.11 bits per heavy atom. The molecule has 1 aromatic rings. The lowest BCUT2D eigenvalue weighted by molar-refractivity contribution is 0.0702. The van der Waals surface area contributed by atoms with E-state index >= 15 is 0 Å². The molecule has 1 heterocycles. The van der Waals surface area contributed by atoms with E-state index in [0.29, 0.717) is 25.9 Å². The Bertz CT molecular complexity index is 499. The van der Waals surface area contributed by atoms with Crippen molar-refractivity contribution in [1.29, 1.82) is 5.26 Å². The summed E-state index contributed by atoms with van der Waals surface area (Å²) >= 11 is 0. The van der Waals surface area contributed by atoms with Gasteiger partial charge < -0.3 is 4.90 Å². The number of carbonyl (C=O) groups is 1. The standard InChI is InChI=1S/C14H15FN2O/c1-10-2-3-12(13(15)8-10)14(18)17-6-4-11(9-16)5-7-17/h2-3,8,11H,4-7H2,1H3. The Kier molecular flexibility index (Phi) is 3.61. The molecule has 3 nitrogen and oxygen atoms in total. The molecule has 0 saturated carbocycles. The molecule has 0 bridgehead atoms. The monoisotopic (exact) mass is 246 g/mol. The number of rotatable bonds is 1. The summed E-state index contributed by atoms with van der Waals surface area (Å²) in [6.45, 7) is 2.85. The van der Waals surface area contributed by atoms with Crippen molar-refractivity contribution in [3.8, 4) is 6.07 Å². The number of nitrogens with zero attached hydrogens (tertiary/aromatic N) is 2. The molecule has 18 heavy (non-hydrogen) atoms. The van der Waals surface area contributed by atoms with Gasteiger partial charge in [0.05, 0.1) is 11.6 Å². The highest BCUT2D eigenvalue weighted by atomic mass is 19.1. The molecule has 94 valence electrons. The zero-order chi connectivity index (χ0) is 13.1. The minimum Gasteiger partial charge on any atom is -0.338 e. The van der Waals surface area contributed by atoms with Crippen LogP contribution >= 0.6 is 0 Å². The molecule has 0 aromatic heterocycles. The molecule has 2 rings (SSSR count). The van der Waals surface area contributed by atoms with Crippen LogP contribution in [0.15, 0.2) is 18.2 Å². The van der Waals surface area contributed by atoms with E-state index in [1.165, 1.54) is 12.1 Å². The fourth-order valence-corrected chi connectivity index (χ4v) is 2.18. The van der Waals surface area contributed by atoms with Crippen molar-refractivity contribution < 1.29 is 9.18 Å². The van der Waals surface area contributed by atoms with Crippen LogP contribution in [0.2, 0.25) is 0 Å². The Morgan fingerprint density at radius 1 is 1.44 bits per heavy atom. The summed E-state index contributed by atoms with van der Waals surface area (Å²) in [7, 11) is 0. The van der Waals surface area contributed by atoms with E-state index in [-0.39, 0.29) is 17.4 Å². The number of nitriles is 1. The van der Waals surface area contributed by atoms with Crippen LogP contribution in [0.25, 0.3) is 0 Å². The summed E-state index contributed by atoms with van der Waals surface area (Å²) < 4.78 is 13.7.